The van der Waals surface area contributed by atoms with Crippen molar-refractivity contribution < 1.29 is 9.53 Å². The van der Waals surface area contributed by atoms with Gasteiger partial charge in [-0.1, -0.05) is 6.07 Å². The first-order chi connectivity index (χ1) is 9.20. The molecule has 1 aromatic rings. The molecule has 2 heterocycles. The molecule has 2 rings (SSSR count). The van der Waals surface area contributed by atoms with Gasteiger partial charge in [-0.05, 0) is 37.8 Å². The molecule has 2 unspecified atom stereocenters. The number of methoxy groups -OCH3 is 1. The highest BCUT2D eigenvalue weighted by Crippen LogP contribution is 2.33. The molecule has 2 atom stereocenters. The molecule has 106 valence electrons. The van der Waals surface area contributed by atoms with Gasteiger partial charge in [0.15, 0.2) is 0 Å². The highest BCUT2D eigenvalue weighted by Gasteiger charge is 2.28. The van der Waals surface area contributed by atoms with E-state index in [2.05, 4.69) is 27.7 Å². The first-order valence-corrected chi connectivity index (χ1v) is 7.64. The summed E-state index contributed by atoms with van der Waals surface area (Å²) in [6.45, 7) is 4.01. The van der Waals surface area contributed by atoms with Crippen LogP contribution >= 0.6 is 11.3 Å². The molecule has 0 radical (unpaired) electrons. The summed E-state index contributed by atoms with van der Waals surface area (Å²) < 4.78 is 5.03. The van der Waals surface area contributed by atoms with Gasteiger partial charge in [0.25, 0.3) is 0 Å². The van der Waals surface area contributed by atoms with Gasteiger partial charge in [-0.2, -0.15) is 0 Å². The topological polar surface area (TPSA) is 41.6 Å². The Morgan fingerprint density at radius 2 is 2.53 bits per heavy atom. The summed E-state index contributed by atoms with van der Waals surface area (Å²) in [5.41, 5.74) is 0. The van der Waals surface area contributed by atoms with E-state index in [1.54, 1.807) is 18.4 Å². The predicted molar refractivity (Wildman–Crippen MR) is 77.3 cm³/mol. The molecule has 1 N–H and O–H groups in total. The Hall–Kier alpha value is -0.910. The second-order valence-corrected chi connectivity index (χ2v) is 6.05. The number of amides is 1. The van der Waals surface area contributed by atoms with E-state index in [-0.39, 0.29) is 11.9 Å². The summed E-state index contributed by atoms with van der Waals surface area (Å²) in [5.74, 6) is 0.0907. The zero-order valence-corrected chi connectivity index (χ0v) is 12.4. The van der Waals surface area contributed by atoms with E-state index in [1.165, 1.54) is 11.3 Å². The molecule has 4 nitrogen and oxygen atoms in total. The molecule has 1 aromatic heterocycles. The van der Waals surface area contributed by atoms with Gasteiger partial charge >= 0.3 is 0 Å². The lowest BCUT2D eigenvalue weighted by Gasteiger charge is -2.23. The van der Waals surface area contributed by atoms with E-state index in [9.17, 15) is 4.79 Å². The monoisotopic (exact) mass is 282 g/mol. The minimum absolute atomic E-state index is 0.0697. The highest BCUT2D eigenvalue weighted by molar-refractivity contribution is 7.10. The van der Waals surface area contributed by atoms with Crippen molar-refractivity contribution in [2.45, 2.75) is 31.8 Å². The third-order valence-electron chi connectivity index (χ3n) is 3.41. The number of carbonyl (C=O) groups is 1. The van der Waals surface area contributed by atoms with Gasteiger partial charge in [-0.3, -0.25) is 9.69 Å². The largest absolute Gasteiger partial charge is 0.383 e. The Morgan fingerprint density at radius 3 is 3.21 bits per heavy atom. The molecule has 5 heteroatoms. The lowest BCUT2D eigenvalue weighted by Crippen LogP contribution is -2.42. The summed E-state index contributed by atoms with van der Waals surface area (Å²) in [7, 11) is 1.65. The summed E-state index contributed by atoms with van der Waals surface area (Å²) in [4.78, 5) is 15.6. The minimum atomic E-state index is 0.0697. The number of nitrogens with zero attached hydrogens (tertiary/aromatic N) is 1. The maximum absolute atomic E-state index is 12.0. The van der Waals surface area contributed by atoms with Crippen LogP contribution in [0.25, 0.3) is 0 Å². The fraction of sp³-hybridized carbons (Fsp3) is 0.643. The molecule has 0 aliphatic carbocycles. The number of rotatable bonds is 6. The van der Waals surface area contributed by atoms with Crippen molar-refractivity contribution in [2.24, 2.45) is 0 Å². The van der Waals surface area contributed by atoms with E-state index in [4.69, 9.17) is 4.74 Å². The second kappa shape index (κ2) is 7.03. The maximum Gasteiger partial charge on any atom is 0.234 e. The number of thiophene rings is 1. The zero-order valence-electron chi connectivity index (χ0n) is 11.6. The quantitative estimate of drug-likeness (QED) is 0.868. The van der Waals surface area contributed by atoms with Crippen LogP contribution in [0.5, 0.6) is 0 Å². The Kier molecular flexibility index (Phi) is 5.36. The Bertz CT molecular complexity index is 394. The van der Waals surface area contributed by atoms with Crippen LogP contribution in [-0.2, 0) is 9.53 Å². The van der Waals surface area contributed by atoms with Gasteiger partial charge in [0.1, 0.15) is 0 Å². The minimum Gasteiger partial charge on any atom is -0.383 e. The average Bonchev–Trinajstić information content (AvgIpc) is 2.98. The van der Waals surface area contributed by atoms with Gasteiger partial charge in [0, 0.05) is 24.1 Å². The Balaban J connectivity index is 1.86. The van der Waals surface area contributed by atoms with E-state index in [0.717, 1.165) is 13.0 Å². The van der Waals surface area contributed by atoms with Gasteiger partial charge < -0.3 is 10.1 Å². The van der Waals surface area contributed by atoms with Crippen molar-refractivity contribution in [3.8, 4) is 0 Å². The summed E-state index contributed by atoms with van der Waals surface area (Å²) in [6.07, 6.45) is 2.32. The van der Waals surface area contributed by atoms with E-state index < -0.39 is 0 Å². The third kappa shape index (κ3) is 4.03. The molecular formula is C14H22N2O2S. The number of carbonyl (C=O) groups excluding carboxylic acids is 1. The molecule has 1 aliphatic heterocycles. The molecule has 1 fully saturated rings. The number of hydrogen-bond acceptors (Lipinski definition) is 4. The Labute approximate surface area is 118 Å². The molecule has 1 amide bonds. The highest BCUT2D eigenvalue weighted by atomic mass is 32.1. The van der Waals surface area contributed by atoms with E-state index in [0.29, 0.717) is 19.2 Å². The molecule has 1 saturated heterocycles. The molecule has 1 aliphatic rings. The summed E-state index contributed by atoms with van der Waals surface area (Å²) >= 11 is 1.78. The van der Waals surface area contributed by atoms with Crippen LogP contribution < -0.4 is 5.32 Å². The smallest absolute Gasteiger partial charge is 0.234 e. The molecule has 0 aromatic carbocycles. The first kappa shape index (κ1) is 14.5. The predicted octanol–water partition coefficient (Wildman–Crippen LogP) is 2.04. The molecular weight excluding hydrogens is 260 g/mol. The molecule has 0 bridgehead atoms. The SMILES string of the molecule is COCC(C)NC(=O)CN1CCCC1c1cccs1. The summed E-state index contributed by atoms with van der Waals surface area (Å²) in [6, 6.07) is 4.74. The summed E-state index contributed by atoms with van der Waals surface area (Å²) in [5, 5.41) is 5.08. The van der Waals surface area contributed by atoms with Crippen LogP contribution in [0.4, 0.5) is 0 Å². The van der Waals surface area contributed by atoms with Crippen LogP contribution in [0.2, 0.25) is 0 Å². The lowest BCUT2D eigenvalue weighted by molar-refractivity contribution is -0.123. The maximum atomic E-state index is 12.0. The number of hydrogen-bond donors (Lipinski definition) is 1. The fourth-order valence-corrected chi connectivity index (χ4v) is 3.51. The van der Waals surface area contributed by atoms with Crippen molar-refractivity contribution in [3.63, 3.8) is 0 Å². The second-order valence-electron chi connectivity index (χ2n) is 5.07. The first-order valence-electron chi connectivity index (χ1n) is 6.76. The van der Waals surface area contributed by atoms with Crippen molar-refractivity contribution in [1.29, 1.82) is 0 Å². The van der Waals surface area contributed by atoms with Crippen LogP contribution in [0, 0.1) is 0 Å². The van der Waals surface area contributed by atoms with Gasteiger partial charge in [-0.25, -0.2) is 0 Å². The molecule has 0 spiro atoms. The average molecular weight is 282 g/mol. The zero-order chi connectivity index (χ0) is 13.7. The number of ether oxygens (including phenoxy) is 1. The van der Waals surface area contributed by atoms with E-state index in [1.807, 2.05) is 6.92 Å². The van der Waals surface area contributed by atoms with Gasteiger partial charge in [0.2, 0.25) is 5.91 Å². The number of nitrogens with one attached hydrogen (secondary N) is 1. The van der Waals surface area contributed by atoms with Crippen molar-refractivity contribution >= 4 is 17.2 Å². The van der Waals surface area contributed by atoms with Gasteiger partial charge in [0.05, 0.1) is 13.2 Å². The van der Waals surface area contributed by atoms with Gasteiger partial charge in [-0.15, -0.1) is 11.3 Å². The molecule has 0 saturated carbocycles. The molecule has 19 heavy (non-hydrogen) atoms. The van der Waals surface area contributed by atoms with Crippen LogP contribution in [-0.4, -0.2) is 43.7 Å². The van der Waals surface area contributed by atoms with Crippen LogP contribution in [0.15, 0.2) is 17.5 Å². The normalized spacial score (nSPS) is 21.5. The standard InChI is InChI=1S/C14H22N2O2S/c1-11(10-18-2)15-14(17)9-16-7-3-5-12(16)13-6-4-8-19-13/h4,6,8,11-12H,3,5,7,9-10H2,1-2H3,(H,15,17). The fourth-order valence-electron chi connectivity index (χ4n) is 2.62. The van der Waals surface area contributed by atoms with Crippen molar-refractivity contribution in [2.75, 3.05) is 26.8 Å². The van der Waals surface area contributed by atoms with Crippen molar-refractivity contribution in [1.82, 2.24) is 10.2 Å². The third-order valence-corrected chi connectivity index (χ3v) is 4.38. The van der Waals surface area contributed by atoms with Crippen LogP contribution in [0.1, 0.15) is 30.7 Å². The van der Waals surface area contributed by atoms with Crippen LogP contribution in [0.3, 0.4) is 0 Å². The van der Waals surface area contributed by atoms with E-state index >= 15 is 0 Å². The lowest BCUT2D eigenvalue weighted by atomic mass is 10.2. The number of likely N-dealkylation sites (tertiary alicyclic amines) is 1. The van der Waals surface area contributed by atoms with Crippen molar-refractivity contribution in [3.05, 3.63) is 22.4 Å². The Morgan fingerprint density at radius 1 is 1.68 bits per heavy atom.